The minimum atomic E-state index is -0.0877. The molecular formula is C24H26N2O3S. The molecule has 1 aliphatic rings. The first kappa shape index (κ1) is 20.4. The lowest BCUT2D eigenvalue weighted by molar-refractivity contribution is 0.0942. The highest BCUT2D eigenvalue weighted by molar-refractivity contribution is 7.07. The molecule has 0 bridgehead atoms. The second-order valence-corrected chi connectivity index (χ2v) is 8.39. The Labute approximate surface area is 181 Å². The van der Waals surface area contributed by atoms with Crippen molar-refractivity contribution in [3.8, 4) is 11.5 Å². The minimum Gasteiger partial charge on any atom is -0.496 e. The number of ether oxygens (including phenoxy) is 2. The maximum absolute atomic E-state index is 12.9. The molecule has 0 atom stereocenters. The zero-order valence-corrected chi connectivity index (χ0v) is 17.9. The molecule has 1 aliphatic carbocycles. The Morgan fingerprint density at radius 3 is 2.77 bits per heavy atom. The van der Waals surface area contributed by atoms with Crippen LogP contribution in [0.1, 0.15) is 47.3 Å². The van der Waals surface area contributed by atoms with Crippen LogP contribution in [0.3, 0.4) is 0 Å². The number of benzene rings is 2. The fourth-order valence-electron chi connectivity index (χ4n) is 4.22. The molecule has 30 heavy (non-hydrogen) atoms. The lowest BCUT2D eigenvalue weighted by Gasteiger charge is -2.31. The van der Waals surface area contributed by atoms with E-state index in [0.29, 0.717) is 24.5 Å². The van der Waals surface area contributed by atoms with Gasteiger partial charge in [-0.2, -0.15) is 0 Å². The van der Waals surface area contributed by atoms with Crippen molar-refractivity contribution in [2.45, 2.75) is 37.7 Å². The Morgan fingerprint density at radius 2 is 2.00 bits per heavy atom. The Hall–Kier alpha value is -2.86. The van der Waals surface area contributed by atoms with E-state index in [0.717, 1.165) is 37.1 Å². The molecule has 4 rings (SSSR count). The van der Waals surface area contributed by atoms with E-state index in [1.807, 2.05) is 41.8 Å². The molecule has 6 heteroatoms. The van der Waals surface area contributed by atoms with Crippen LogP contribution in [-0.4, -0.2) is 24.5 Å². The number of methoxy groups -OCH3 is 1. The van der Waals surface area contributed by atoms with Crippen LogP contribution in [0.4, 0.5) is 0 Å². The molecule has 1 saturated carbocycles. The number of rotatable bonds is 8. The summed E-state index contributed by atoms with van der Waals surface area (Å²) in [6.07, 6.45) is 4.41. The zero-order valence-electron chi connectivity index (χ0n) is 17.1. The number of carbonyl (C=O) groups excluding carboxylic acids is 1. The number of nitrogens with zero attached hydrogens (tertiary/aromatic N) is 1. The number of hydrogen-bond acceptors (Lipinski definition) is 5. The van der Waals surface area contributed by atoms with E-state index in [1.54, 1.807) is 18.7 Å². The third-order valence-corrected chi connectivity index (χ3v) is 6.43. The molecule has 5 nitrogen and oxygen atoms in total. The Kier molecular flexibility index (Phi) is 6.33. The highest BCUT2D eigenvalue weighted by Gasteiger charge is 2.38. The van der Waals surface area contributed by atoms with Crippen LogP contribution in [0.5, 0.6) is 11.5 Å². The molecule has 156 valence electrons. The molecule has 0 aliphatic heterocycles. The van der Waals surface area contributed by atoms with Crippen LogP contribution in [-0.2, 0) is 12.0 Å². The van der Waals surface area contributed by atoms with Crippen molar-refractivity contribution in [2.75, 3.05) is 13.7 Å². The maximum atomic E-state index is 12.9. The van der Waals surface area contributed by atoms with Crippen molar-refractivity contribution < 1.29 is 14.3 Å². The summed E-state index contributed by atoms with van der Waals surface area (Å²) in [7, 11) is 1.71. The van der Waals surface area contributed by atoms with Gasteiger partial charge in [-0.05, 0) is 37.1 Å². The third kappa shape index (κ3) is 4.49. The number of amides is 1. The standard InChI is InChI=1S/C24H26N2O3S/c1-28-22-10-3-2-9-21(22)24(11-4-5-12-24)16-25-23(27)18-7-6-8-20(13-18)29-14-19-15-30-17-26-19/h2-3,6-10,13,15,17H,4-5,11-12,14,16H2,1H3,(H,25,27). The van der Waals surface area contributed by atoms with Gasteiger partial charge in [0.25, 0.3) is 5.91 Å². The summed E-state index contributed by atoms with van der Waals surface area (Å²) in [5, 5.41) is 5.12. The van der Waals surface area contributed by atoms with Gasteiger partial charge in [0.15, 0.2) is 0 Å². The van der Waals surface area contributed by atoms with Gasteiger partial charge in [0.05, 0.1) is 18.3 Å². The molecule has 1 heterocycles. The van der Waals surface area contributed by atoms with Gasteiger partial charge in [-0.25, -0.2) is 4.98 Å². The minimum absolute atomic E-state index is 0.0823. The lowest BCUT2D eigenvalue weighted by Crippen LogP contribution is -2.39. The largest absolute Gasteiger partial charge is 0.496 e. The van der Waals surface area contributed by atoms with Crippen molar-refractivity contribution >= 4 is 17.2 Å². The molecule has 1 amide bonds. The average Bonchev–Trinajstić information content (AvgIpc) is 3.49. The smallest absolute Gasteiger partial charge is 0.251 e. The number of para-hydroxylation sites is 1. The highest BCUT2D eigenvalue weighted by atomic mass is 32.1. The second kappa shape index (κ2) is 9.30. The Bertz CT molecular complexity index is 982. The van der Waals surface area contributed by atoms with Gasteiger partial charge in [-0.1, -0.05) is 37.1 Å². The normalized spacial score (nSPS) is 15.0. The van der Waals surface area contributed by atoms with Crippen LogP contribution in [0.15, 0.2) is 59.4 Å². The molecule has 3 aromatic rings. The predicted molar refractivity (Wildman–Crippen MR) is 118 cm³/mol. The van der Waals surface area contributed by atoms with Crippen molar-refractivity contribution in [2.24, 2.45) is 0 Å². The molecule has 1 N–H and O–H groups in total. The van der Waals surface area contributed by atoms with E-state index in [2.05, 4.69) is 16.4 Å². The number of thiazole rings is 1. The molecule has 0 spiro atoms. The van der Waals surface area contributed by atoms with Gasteiger partial charge >= 0.3 is 0 Å². The lowest BCUT2D eigenvalue weighted by atomic mass is 9.78. The zero-order chi connectivity index (χ0) is 20.8. The molecule has 0 saturated heterocycles. The predicted octanol–water partition coefficient (Wildman–Crippen LogP) is 4.97. The molecule has 2 aromatic carbocycles. The summed E-state index contributed by atoms with van der Waals surface area (Å²) in [5.41, 5.74) is 4.36. The van der Waals surface area contributed by atoms with Crippen molar-refractivity contribution in [1.29, 1.82) is 0 Å². The number of nitrogens with one attached hydrogen (secondary N) is 1. The SMILES string of the molecule is COc1ccccc1C1(CNC(=O)c2cccc(OCc3cscn3)c2)CCCC1. The molecule has 1 fully saturated rings. The van der Waals surface area contributed by atoms with Gasteiger partial charge in [-0.15, -0.1) is 11.3 Å². The molecule has 0 unspecified atom stereocenters. The fraction of sp³-hybridized carbons (Fsp3) is 0.333. The first-order valence-electron chi connectivity index (χ1n) is 10.2. The molecule has 1 aromatic heterocycles. The Morgan fingerprint density at radius 1 is 1.17 bits per heavy atom. The van der Waals surface area contributed by atoms with Gasteiger partial charge in [0.1, 0.15) is 18.1 Å². The number of aromatic nitrogens is 1. The van der Waals surface area contributed by atoms with Crippen molar-refractivity contribution in [1.82, 2.24) is 10.3 Å². The van der Waals surface area contributed by atoms with Gasteiger partial charge in [0.2, 0.25) is 0 Å². The second-order valence-electron chi connectivity index (χ2n) is 7.67. The first-order valence-corrected chi connectivity index (χ1v) is 11.2. The van der Waals surface area contributed by atoms with Crippen molar-refractivity contribution in [3.05, 3.63) is 76.2 Å². The average molecular weight is 423 g/mol. The number of carbonyl (C=O) groups is 1. The van der Waals surface area contributed by atoms with Gasteiger partial charge in [-0.3, -0.25) is 4.79 Å². The van der Waals surface area contributed by atoms with E-state index < -0.39 is 0 Å². The summed E-state index contributed by atoms with van der Waals surface area (Å²) >= 11 is 1.54. The fourth-order valence-corrected chi connectivity index (χ4v) is 4.76. The molecular weight excluding hydrogens is 396 g/mol. The van der Waals surface area contributed by atoms with Crippen molar-refractivity contribution in [3.63, 3.8) is 0 Å². The summed E-state index contributed by atoms with van der Waals surface area (Å²) in [4.78, 5) is 17.1. The summed E-state index contributed by atoms with van der Waals surface area (Å²) in [5.74, 6) is 1.47. The van der Waals surface area contributed by atoms with Crippen LogP contribution in [0, 0.1) is 0 Å². The van der Waals surface area contributed by atoms with E-state index in [4.69, 9.17) is 9.47 Å². The van der Waals surface area contributed by atoms with Gasteiger partial charge < -0.3 is 14.8 Å². The van der Waals surface area contributed by atoms with Gasteiger partial charge in [0, 0.05) is 28.5 Å². The summed E-state index contributed by atoms with van der Waals surface area (Å²) in [6.45, 7) is 0.988. The maximum Gasteiger partial charge on any atom is 0.251 e. The Balaban J connectivity index is 1.45. The van der Waals surface area contributed by atoms with Crippen LogP contribution in [0.2, 0.25) is 0 Å². The van der Waals surface area contributed by atoms with E-state index in [1.165, 1.54) is 16.9 Å². The summed E-state index contributed by atoms with van der Waals surface area (Å²) in [6, 6.07) is 15.5. The van der Waals surface area contributed by atoms with Crippen LogP contribution < -0.4 is 14.8 Å². The number of hydrogen-bond donors (Lipinski definition) is 1. The third-order valence-electron chi connectivity index (χ3n) is 5.79. The van der Waals surface area contributed by atoms with E-state index in [9.17, 15) is 4.79 Å². The topological polar surface area (TPSA) is 60.5 Å². The molecule has 0 radical (unpaired) electrons. The van der Waals surface area contributed by atoms with E-state index in [-0.39, 0.29) is 11.3 Å². The quantitative estimate of drug-likeness (QED) is 0.557. The van der Waals surface area contributed by atoms with Crippen LogP contribution >= 0.6 is 11.3 Å². The highest BCUT2D eigenvalue weighted by Crippen LogP contribution is 2.44. The summed E-state index contributed by atoms with van der Waals surface area (Å²) < 4.78 is 11.4. The monoisotopic (exact) mass is 422 g/mol. The van der Waals surface area contributed by atoms with E-state index >= 15 is 0 Å². The first-order chi connectivity index (χ1) is 14.7. The van der Waals surface area contributed by atoms with Crippen LogP contribution in [0.25, 0.3) is 0 Å².